The zero-order chi connectivity index (χ0) is 15.9. The minimum absolute atomic E-state index is 0.0158. The highest BCUT2D eigenvalue weighted by Crippen LogP contribution is 2.26. The van der Waals surface area contributed by atoms with E-state index < -0.39 is 0 Å². The Balaban J connectivity index is 1.73. The van der Waals surface area contributed by atoms with Crippen LogP contribution in [-0.4, -0.2) is 41.1 Å². The summed E-state index contributed by atoms with van der Waals surface area (Å²) >= 11 is 0. The number of unbranched alkanes of at least 4 members (excludes halogenated alkanes) is 3. The van der Waals surface area contributed by atoms with Gasteiger partial charge in [0.2, 0.25) is 11.8 Å². The molecule has 2 amide bonds. The summed E-state index contributed by atoms with van der Waals surface area (Å²) in [5.41, 5.74) is 0. The van der Waals surface area contributed by atoms with Crippen molar-refractivity contribution >= 4 is 17.6 Å². The predicted molar refractivity (Wildman–Crippen MR) is 84.3 cm³/mol. The van der Waals surface area contributed by atoms with Gasteiger partial charge in [0.1, 0.15) is 5.78 Å². The molecule has 2 atom stereocenters. The van der Waals surface area contributed by atoms with Crippen LogP contribution in [0.4, 0.5) is 0 Å². The molecule has 1 N–H and O–H groups in total. The molecule has 0 aromatic rings. The van der Waals surface area contributed by atoms with Crippen LogP contribution in [0, 0.1) is 0 Å². The summed E-state index contributed by atoms with van der Waals surface area (Å²) in [6, 6.07) is 0.367. The molecular formula is C17H28N2O3. The summed E-state index contributed by atoms with van der Waals surface area (Å²) < 4.78 is 0. The quantitative estimate of drug-likeness (QED) is 0.733. The van der Waals surface area contributed by atoms with Crippen LogP contribution in [0.2, 0.25) is 0 Å². The molecule has 0 aromatic carbocycles. The Morgan fingerprint density at radius 1 is 1.09 bits per heavy atom. The first-order valence-corrected chi connectivity index (χ1v) is 8.66. The summed E-state index contributed by atoms with van der Waals surface area (Å²) in [5.74, 6) is 0.343. The summed E-state index contributed by atoms with van der Waals surface area (Å²) in [6.45, 7) is 1.84. The van der Waals surface area contributed by atoms with Crippen LogP contribution in [0.15, 0.2) is 0 Å². The summed E-state index contributed by atoms with van der Waals surface area (Å²) in [6.07, 6.45) is 9.20. The fraction of sp³-hybridized carbons (Fsp3) is 0.824. The molecule has 0 unspecified atom stereocenters. The second kappa shape index (κ2) is 8.30. The molecule has 1 saturated heterocycles. The van der Waals surface area contributed by atoms with Crippen molar-refractivity contribution in [2.75, 3.05) is 6.54 Å². The van der Waals surface area contributed by atoms with Gasteiger partial charge in [-0.3, -0.25) is 9.59 Å². The van der Waals surface area contributed by atoms with Gasteiger partial charge in [-0.05, 0) is 32.6 Å². The number of amides is 2. The highest BCUT2D eigenvalue weighted by Gasteiger charge is 2.38. The fourth-order valence-electron chi connectivity index (χ4n) is 3.60. The van der Waals surface area contributed by atoms with E-state index in [9.17, 15) is 14.4 Å². The van der Waals surface area contributed by atoms with Gasteiger partial charge in [-0.2, -0.15) is 0 Å². The molecule has 1 aliphatic carbocycles. The average molecular weight is 308 g/mol. The molecule has 5 nitrogen and oxygen atoms in total. The number of rotatable bonds is 7. The first-order valence-electron chi connectivity index (χ1n) is 8.66. The van der Waals surface area contributed by atoms with Gasteiger partial charge in [-0.25, -0.2) is 0 Å². The Bertz CT molecular complexity index is 422. The topological polar surface area (TPSA) is 66.5 Å². The van der Waals surface area contributed by atoms with Crippen molar-refractivity contribution < 1.29 is 14.4 Å². The van der Waals surface area contributed by atoms with Crippen molar-refractivity contribution in [3.05, 3.63) is 0 Å². The molecule has 1 heterocycles. The van der Waals surface area contributed by atoms with Gasteiger partial charge in [0.05, 0.1) is 12.6 Å². The maximum atomic E-state index is 12.4. The van der Waals surface area contributed by atoms with E-state index in [2.05, 4.69) is 5.32 Å². The maximum Gasteiger partial charge on any atom is 0.239 e. The van der Waals surface area contributed by atoms with E-state index in [0.29, 0.717) is 12.8 Å². The molecule has 5 heteroatoms. The molecule has 22 heavy (non-hydrogen) atoms. The molecule has 0 bridgehead atoms. The van der Waals surface area contributed by atoms with Gasteiger partial charge in [-0.15, -0.1) is 0 Å². The number of hydrogen-bond donors (Lipinski definition) is 1. The predicted octanol–water partition coefficient (Wildman–Crippen LogP) is 2.19. The van der Waals surface area contributed by atoms with Crippen LogP contribution in [-0.2, 0) is 14.4 Å². The van der Waals surface area contributed by atoms with Gasteiger partial charge in [0.25, 0.3) is 0 Å². The lowest BCUT2D eigenvalue weighted by Gasteiger charge is -2.44. The Morgan fingerprint density at radius 2 is 1.77 bits per heavy atom. The van der Waals surface area contributed by atoms with Crippen LogP contribution in [0.3, 0.4) is 0 Å². The third-order valence-corrected chi connectivity index (χ3v) is 4.78. The van der Waals surface area contributed by atoms with Crippen LogP contribution >= 0.6 is 0 Å². The lowest BCUT2D eigenvalue weighted by atomic mass is 9.87. The van der Waals surface area contributed by atoms with Gasteiger partial charge in [-0.1, -0.05) is 25.7 Å². The van der Waals surface area contributed by atoms with E-state index in [1.807, 2.05) is 4.90 Å². The van der Waals surface area contributed by atoms with E-state index in [0.717, 1.165) is 51.4 Å². The number of piperazine rings is 1. The van der Waals surface area contributed by atoms with Crippen molar-refractivity contribution in [2.45, 2.75) is 83.2 Å². The number of fused-ring (bicyclic) bond motifs is 1. The number of carbonyl (C=O) groups is 3. The number of nitrogens with zero attached hydrogens (tertiary/aromatic N) is 1. The van der Waals surface area contributed by atoms with Crippen LogP contribution in [0.25, 0.3) is 0 Å². The smallest absolute Gasteiger partial charge is 0.239 e. The van der Waals surface area contributed by atoms with E-state index >= 15 is 0 Å². The van der Waals surface area contributed by atoms with E-state index in [1.54, 1.807) is 6.92 Å². The Hall–Kier alpha value is -1.39. The van der Waals surface area contributed by atoms with Crippen molar-refractivity contribution in [3.8, 4) is 0 Å². The zero-order valence-corrected chi connectivity index (χ0v) is 13.6. The monoisotopic (exact) mass is 308 g/mol. The lowest BCUT2D eigenvalue weighted by Crippen LogP contribution is -2.62. The largest absolute Gasteiger partial charge is 0.350 e. The molecule has 2 fully saturated rings. The lowest BCUT2D eigenvalue weighted by molar-refractivity contribution is -0.144. The fourth-order valence-corrected chi connectivity index (χ4v) is 3.60. The molecule has 2 aliphatic rings. The number of nitrogens with one attached hydrogen (secondary N) is 1. The Kier molecular flexibility index (Phi) is 6.40. The third kappa shape index (κ3) is 4.82. The number of carbonyl (C=O) groups excluding carboxylic acids is 3. The maximum absolute atomic E-state index is 12.4. The first-order chi connectivity index (χ1) is 10.6. The van der Waals surface area contributed by atoms with Gasteiger partial charge in [0.15, 0.2) is 0 Å². The van der Waals surface area contributed by atoms with Crippen molar-refractivity contribution in [3.63, 3.8) is 0 Å². The highest BCUT2D eigenvalue weighted by molar-refractivity contribution is 5.86. The molecule has 124 valence electrons. The van der Waals surface area contributed by atoms with E-state index in [1.165, 1.54) is 0 Å². The van der Waals surface area contributed by atoms with Crippen molar-refractivity contribution in [2.24, 2.45) is 0 Å². The van der Waals surface area contributed by atoms with Gasteiger partial charge >= 0.3 is 0 Å². The summed E-state index contributed by atoms with van der Waals surface area (Å²) in [7, 11) is 0. The summed E-state index contributed by atoms with van der Waals surface area (Å²) in [4.78, 5) is 36.9. The third-order valence-electron chi connectivity index (χ3n) is 4.78. The van der Waals surface area contributed by atoms with Gasteiger partial charge in [0, 0.05) is 18.9 Å². The number of hydrogen-bond acceptors (Lipinski definition) is 3. The molecular weight excluding hydrogens is 280 g/mol. The molecule has 1 aliphatic heterocycles. The van der Waals surface area contributed by atoms with E-state index in [4.69, 9.17) is 0 Å². The zero-order valence-electron chi connectivity index (χ0n) is 13.6. The van der Waals surface area contributed by atoms with Crippen molar-refractivity contribution in [1.82, 2.24) is 10.2 Å². The minimum Gasteiger partial charge on any atom is -0.350 e. The molecule has 2 rings (SSSR count). The number of Topliss-reactive ketones (excluding diaryl/α,β-unsaturated/α-hetero) is 1. The normalized spacial score (nSPS) is 24.6. The summed E-state index contributed by atoms with van der Waals surface area (Å²) in [5, 5.41) is 3.03. The Labute approximate surface area is 132 Å². The molecule has 1 saturated carbocycles. The second-order valence-electron chi connectivity index (χ2n) is 6.66. The second-order valence-corrected chi connectivity index (χ2v) is 6.66. The number of ketones is 1. The standard InChI is InChI=1S/C17H28N2O3/c1-13(20)8-4-2-3-5-11-17(22)19-12-16(21)18-14-9-6-7-10-15(14)19/h14-15H,2-12H2,1H3,(H,18,21)/t14-,15+/m1/s1. The minimum atomic E-state index is -0.0158. The first kappa shape index (κ1) is 17.0. The van der Waals surface area contributed by atoms with Gasteiger partial charge < -0.3 is 15.0 Å². The average Bonchev–Trinajstić information content (AvgIpc) is 2.49. The van der Waals surface area contributed by atoms with Crippen LogP contribution in [0.5, 0.6) is 0 Å². The molecule has 0 spiro atoms. The Morgan fingerprint density at radius 3 is 2.50 bits per heavy atom. The van der Waals surface area contributed by atoms with Crippen LogP contribution < -0.4 is 5.32 Å². The van der Waals surface area contributed by atoms with Crippen LogP contribution in [0.1, 0.15) is 71.1 Å². The molecule has 0 aromatic heterocycles. The van der Waals surface area contributed by atoms with Crippen molar-refractivity contribution in [1.29, 1.82) is 0 Å². The SMILES string of the molecule is CC(=O)CCCCCCC(=O)N1CC(=O)N[C@@H]2CCCC[C@@H]21. The van der Waals surface area contributed by atoms with E-state index in [-0.39, 0.29) is 36.2 Å². The molecule has 0 radical (unpaired) electrons. The highest BCUT2D eigenvalue weighted by atomic mass is 16.2.